The van der Waals surface area contributed by atoms with Crippen LogP contribution in [0.25, 0.3) is 0 Å². The van der Waals surface area contributed by atoms with E-state index in [0.717, 1.165) is 3.57 Å². The van der Waals surface area contributed by atoms with Crippen LogP contribution >= 0.6 is 22.6 Å². The van der Waals surface area contributed by atoms with Gasteiger partial charge in [-0.15, -0.1) is 0 Å². The molecule has 1 atom stereocenters. The highest BCUT2D eigenvalue weighted by atomic mass is 127. The molecule has 0 bridgehead atoms. The molecule has 1 unspecified atom stereocenters. The average Bonchev–Trinajstić information content (AvgIpc) is 2.52. The van der Waals surface area contributed by atoms with Crippen molar-refractivity contribution in [1.82, 2.24) is 9.88 Å². The number of amides is 1. The number of ketones is 1. The highest BCUT2D eigenvalue weighted by Gasteiger charge is 2.25. The van der Waals surface area contributed by atoms with Crippen molar-refractivity contribution in [3.63, 3.8) is 0 Å². The summed E-state index contributed by atoms with van der Waals surface area (Å²) >= 11 is 2.17. The van der Waals surface area contributed by atoms with E-state index in [4.69, 9.17) is 0 Å². The van der Waals surface area contributed by atoms with Crippen molar-refractivity contribution in [2.45, 2.75) is 19.4 Å². The van der Waals surface area contributed by atoms with Gasteiger partial charge in [0.2, 0.25) is 0 Å². The fourth-order valence-electron chi connectivity index (χ4n) is 1.83. The van der Waals surface area contributed by atoms with Crippen LogP contribution in [-0.2, 0) is 4.79 Å². The van der Waals surface area contributed by atoms with Crippen molar-refractivity contribution in [2.24, 2.45) is 0 Å². The molecule has 2 rings (SSSR count). The fraction of sp³-hybridized carbons (Fsp3) is 0.400. The summed E-state index contributed by atoms with van der Waals surface area (Å²) in [4.78, 5) is 22.6. The Kier molecular flexibility index (Phi) is 2.81. The van der Waals surface area contributed by atoms with E-state index < -0.39 is 0 Å². The second-order valence-corrected chi connectivity index (χ2v) is 4.97. The highest BCUT2D eigenvalue weighted by Crippen LogP contribution is 2.22. The van der Waals surface area contributed by atoms with Crippen LogP contribution in [0.3, 0.4) is 0 Å². The Morgan fingerprint density at radius 1 is 1.73 bits per heavy atom. The Balaban J connectivity index is 2.35. The molecular weight excluding hydrogens is 307 g/mol. The van der Waals surface area contributed by atoms with Gasteiger partial charge >= 0.3 is 0 Å². The number of rotatable bonds is 2. The maximum absolute atomic E-state index is 11.5. The molecule has 0 fully saturated rings. The molecule has 0 saturated heterocycles. The van der Waals surface area contributed by atoms with Crippen molar-refractivity contribution >= 4 is 34.3 Å². The predicted octanol–water partition coefficient (Wildman–Crippen LogP) is 1.36. The Bertz CT molecular complexity index is 425. The van der Waals surface area contributed by atoms with Crippen LogP contribution in [0.5, 0.6) is 0 Å². The van der Waals surface area contributed by atoms with E-state index in [-0.39, 0.29) is 17.7 Å². The molecule has 5 heteroatoms. The fourth-order valence-corrected chi connectivity index (χ4v) is 2.43. The van der Waals surface area contributed by atoms with Crippen molar-refractivity contribution in [1.29, 1.82) is 0 Å². The van der Waals surface area contributed by atoms with Gasteiger partial charge in [0.15, 0.2) is 0 Å². The summed E-state index contributed by atoms with van der Waals surface area (Å²) in [7, 11) is 0. The zero-order chi connectivity index (χ0) is 11.0. The summed E-state index contributed by atoms with van der Waals surface area (Å²) in [5.74, 6) is 0.0866. The lowest BCUT2D eigenvalue weighted by atomic mass is 10.1. The van der Waals surface area contributed by atoms with Gasteiger partial charge in [0.25, 0.3) is 5.91 Å². The second kappa shape index (κ2) is 3.96. The number of aromatic nitrogens is 1. The lowest BCUT2D eigenvalue weighted by molar-refractivity contribution is -0.117. The molecule has 4 nitrogen and oxygen atoms in total. The third-order valence-corrected chi connectivity index (χ3v) is 3.05. The zero-order valence-electron chi connectivity index (χ0n) is 8.29. The quantitative estimate of drug-likeness (QED) is 0.837. The molecule has 0 spiro atoms. The summed E-state index contributed by atoms with van der Waals surface area (Å²) in [6.45, 7) is 2.11. The standard InChI is InChI=1S/C10H11IN2O2/c1-6(14)2-8-4-12-10(15)9-3-7(11)5-13(8)9/h3,5,8H,2,4H2,1H3,(H,12,15). The summed E-state index contributed by atoms with van der Waals surface area (Å²) in [6, 6.07) is 1.90. The first-order valence-electron chi connectivity index (χ1n) is 4.73. The largest absolute Gasteiger partial charge is 0.349 e. The Morgan fingerprint density at radius 2 is 2.47 bits per heavy atom. The van der Waals surface area contributed by atoms with E-state index in [1.54, 1.807) is 6.92 Å². The molecule has 0 aliphatic carbocycles. The third-order valence-electron chi connectivity index (χ3n) is 2.46. The number of Topliss-reactive ketones (excluding diaryl/α,β-unsaturated/α-hetero) is 1. The molecule has 15 heavy (non-hydrogen) atoms. The minimum Gasteiger partial charge on any atom is -0.349 e. The van der Waals surface area contributed by atoms with Crippen molar-refractivity contribution in [3.05, 3.63) is 21.5 Å². The molecule has 1 aliphatic rings. The molecule has 1 N–H and O–H groups in total. The Labute approximate surface area is 101 Å². The normalized spacial score (nSPS) is 19.6. The van der Waals surface area contributed by atoms with Crippen molar-refractivity contribution < 1.29 is 9.59 Å². The van der Waals surface area contributed by atoms with Gasteiger partial charge in [-0.1, -0.05) is 0 Å². The minimum absolute atomic E-state index is 0.0577. The topological polar surface area (TPSA) is 51.1 Å². The molecule has 1 aliphatic heterocycles. The average molecular weight is 318 g/mol. The van der Waals surface area contributed by atoms with Crippen LogP contribution in [0, 0.1) is 3.57 Å². The molecule has 0 radical (unpaired) electrons. The number of hydrogen-bond acceptors (Lipinski definition) is 2. The Hall–Kier alpha value is -0.850. The van der Waals surface area contributed by atoms with Gasteiger partial charge in [-0.05, 0) is 35.6 Å². The number of carbonyl (C=O) groups excluding carboxylic acids is 2. The van der Waals surface area contributed by atoms with Crippen LogP contribution in [-0.4, -0.2) is 22.8 Å². The van der Waals surface area contributed by atoms with Gasteiger partial charge < -0.3 is 9.88 Å². The lowest BCUT2D eigenvalue weighted by Crippen LogP contribution is -2.39. The van der Waals surface area contributed by atoms with Crippen LogP contribution < -0.4 is 5.32 Å². The summed E-state index contributed by atoms with van der Waals surface area (Å²) < 4.78 is 2.93. The van der Waals surface area contributed by atoms with Crippen LogP contribution in [0.1, 0.15) is 29.9 Å². The van der Waals surface area contributed by atoms with Crippen molar-refractivity contribution in [3.8, 4) is 0 Å². The van der Waals surface area contributed by atoms with E-state index in [2.05, 4.69) is 27.9 Å². The van der Waals surface area contributed by atoms with Gasteiger partial charge in [0, 0.05) is 22.7 Å². The van der Waals surface area contributed by atoms with E-state index in [9.17, 15) is 9.59 Å². The minimum atomic E-state index is -0.0577. The summed E-state index contributed by atoms with van der Waals surface area (Å²) in [5, 5.41) is 2.79. The SMILES string of the molecule is CC(=O)CC1CNC(=O)c2cc(I)cn21. The number of nitrogens with one attached hydrogen (secondary N) is 1. The zero-order valence-corrected chi connectivity index (χ0v) is 10.4. The first-order valence-corrected chi connectivity index (χ1v) is 5.81. The first-order chi connectivity index (χ1) is 7.08. The van der Waals surface area contributed by atoms with Crippen LogP contribution in [0.4, 0.5) is 0 Å². The summed E-state index contributed by atoms with van der Waals surface area (Å²) in [6.07, 6.45) is 2.39. The molecule has 80 valence electrons. The van der Waals surface area contributed by atoms with Gasteiger partial charge in [-0.2, -0.15) is 0 Å². The second-order valence-electron chi connectivity index (χ2n) is 3.72. The Morgan fingerprint density at radius 3 is 3.13 bits per heavy atom. The van der Waals surface area contributed by atoms with E-state index in [1.165, 1.54) is 0 Å². The maximum atomic E-state index is 11.5. The molecule has 1 aromatic rings. The van der Waals surface area contributed by atoms with Crippen LogP contribution in [0.15, 0.2) is 12.3 Å². The van der Waals surface area contributed by atoms with Gasteiger partial charge in [0.05, 0.1) is 6.04 Å². The van der Waals surface area contributed by atoms with E-state index >= 15 is 0 Å². The number of nitrogens with zero attached hydrogens (tertiary/aromatic N) is 1. The predicted molar refractivity (Wildman–Crippen MR) is 63.8 cm³/mol. The van der Waals surface area contributed by atoms with E-state index in [0.29, 0.717) is 18.7 Å². The maximum Gasteiger partial charge on any atom is 0.268 e. The molecule has 0 aromatic carbocycles. The van der Waals surface area contributed by atoms with Gasteiger partial charge in [-0.25, -0.2) is 0 Å². The monoisotopic (exact) mass is 318 g/mol. The molecule has 1 amide bonds. The number of halogens is 1. The molecule has 2 heterocycles. The summed E-state index contributed by atoms with van der Waals surface area (Å²) in [5.41, 5.74) is 0.650. The smallest absolute Gasteiger partial charge is 0.268 e. The molecular formula is C10H11IN2O2. The third kappa shape index (κ3) is 2.06. The first kappa shape index (κ1) is 10.7. The van der Waals surface area contributed by atoms with Crippen molar-refractivity contribution in [2.75, 3.05) is 6.54 Å². The number of fused-ring (bicyclic) bond motifs is 1. The number of carbonyl (C=O) groups is 2. The number of hydrogen-bond donors (Lipinski definition) is 1. The van der Waals surface area contributed by atoms with Crippen LogP contribution in [0.2, 0.25) is 0 Å². The van der Waals surface area contributed by atoms with E-state index in [1.807, 2.05) is 16.8 Å². The molecule has 0 saturated carbocycles. The molecule has 1 aromatic heterocycles. The lowest BCUT2D eigenvalue weighted by Gasteiger charge is -2.25. The van der Waals surface area contributed by atoms with Gasteiger partial charge in [0.1, 0.15) is 11.5 Å². The highest BCUT2D eigenvalue weighted by molar-refractivity contribution is 14.1. The van der Waals surface area contributed by atoms with Gasteiger partial charge in [-0.3, -0.25) is 9.59 Å².